The molecule has 2 aromatic rings. The number of sulfonamides is 1. The Kier molecular flexibility index (Phi) is 7.35. The number of nitrogens with zero attached hydrogens (tertiary/aromatic N) is 2. The predicted molar refractivity (Wildman–Crippen MR) is 113 cm³/mol. The number of rotatable bonds is 9. The van der Waals surface area contributed by atoms with Crippen LogP contribution in [-0.2, 0) is 14.8 Å². The molecular weight excluding hydrogens is 412 g/mol. The number of non-ortho nitro benzene ring substituents is 1. The molecule has 2 aromatic carbocycles. The number of carbonyl (C=O) groups excluding carboxylic acids is 1. The molecule has 0 atom stereocenters. The maximum atomic E-state index is 12.6. The van der Waals surface area contributed by atoms with Gasteiger partial charge in [0, 0.05) is 31.9 Å². The lowest BCUT2D eigenvalue weighted by molar-refractivity contribution is -0.384. The molecule has 2 N–H and O–H groups in total. The lowest BCUT2D eigenvalue weighted by atomic mass is 10.2. The van der Waals surface area contributed by atoms with Gasteiger partial charge in [0.1, 0.15) is 10.6 Å². The Labute approximate surface area is 175 Å². The van der Waals surface area contributed by atoms with Crippen LogP contribution < -0.4 is 15.4 Å². The SMILES string of the molecule is CCOc1ccc(NCC(=O)Nc2cc([N+](=O)[O-])ccc2C)cc1S(=O)(=O)N(C)C. The summed E-state index contributed by atoms with van der Waals surface area (Å²) in [6, 6.07) is 8.70. The van der Waals surface area contributed by atoms with Crippen molar-refractivity contribution < 1.29 is 22.9 Å². The molecule has 0 saturated carbocycles. The molecule has 0 fully saturated rings. The van der Waals surface area contributed by atoms with Gasteiger partial charge >= 0.3 is 0 Å². The molecule has 0 radical (unpaired) electrons. The number of carbonyl (C=O) groups is 1. The first-order valence-electron chi connectivity index (χ1n) is 9.04. The van der Waals surface area contributed by atoms with Gasteiger partial charge in [0.2, 0.25) is 15.9 Å². The predicted octanol–water partition coefficient (Wildman–Crippen LogP) is 2.60. The van der Waals surface area contributed by atoms with Gasteiger partial charge in [-0.15, -0.1) is 0 Å². The fourth-order valence-electron chi connectivity index (χ4n) is 2.53. The van der Waals surface area contributed by atoms with Crippen molar-refractivity contribution in [3.05, 3.63) is 52.1 Å². The molecule has 2 rings (SSSR count). The highest BCUT2D eigenvalue weighted by Crippen LogP contribution is 2.29. The molecule has 0 spiro atoms. The van der Waals surface area contributed by atoms with Crippen molar-refractivity contribution in [3.8, 4) is 5.75 Å². The van der Waals surface area contributed by atoms with Gasteiger partial charge in [-0.25, -0.2) is 12.7 Å². The molecule has 0 aromatic heterocycles. The van der Waals surface area contributed by atoms with Crippen molar-refractivity contribution in [1.82, 2.24) is 4.31 Å². The first-order chi connectivity index (χ1) is 14.1. The number of nitro groups is 1. The lowest BCUT2D eigenvalue weighted by Crippen LogP contribution is -2.24. The van der Waals surface area contributed by atoms with E-state index >= 15 is 0 Å². The summed E-state index contributed by atoms with van der Waals surface area (Å²) in [5.41, 5.74) is 1.28. The molecule has 0 aliphatic heterocycles. The van der Waals surface area contributed by atoms with E-state index in [0.29, 0.717) is 23.5 Å². The Balaban J connectivity index is 2.17. The first kappa shape index (κ1) is 23.1. The zero-order valence-corrected chi connectivity index (χ0v) is 17.9. The second-order valence-corrected chi connectivity index (χ2v) is 8.66. The molecule has 30 heavy (non-hydrogen) atoms. The standard InChI is InChI=1S/C19H24N4O6S/c1-5-29-17-9-7-14(10-18(17)30(27,28)22(3)4)20-12-19(24)21-16-11-15(23(25)26)8-6-13(16)2/h6-11,20H,5,12H2,1-4H3,(H,21,24). The van der Waals surface area contributed by atoms with Crippen molar-refractivity contribution >= 4 is 33.0 Å². The summed E-state index contributed by atoms with van der Waals surface area (Å²) < 4.78 is 31.6. The van der Waals surface area contributed by atoms with Crippen molar-refractivity contribution in [2.45, 2.75) is 18.7 Å². The molecule has 10 nitrogen and oxygen atoms in total. The Bertz CT molecular complexity index is 1050. The number of nitrogens with one attached hydrogen (secondary N) is 2. The normalized spacial score (nSPS) is 11.2. The molecule has 0 heterocycles. The molecule has 0 saturated heterocycles. The number of benzene rings is 2. The number of amides is 1. The quantitative estimate of drug-likeness (QED) is 0.456. The molecular formula is C19H24N4O6S. The van der Waals surface area contributed by atoms with Gasteiger partial charge in [0.25, 0.3) is 5.69 Å². The summed E-state index contributed by atoms with van der Waals surface area (Å²) in [7, 11) is -0.921. The summed E-state index contributed by atoms with van der Waals surface area (Å²) in [6.07, 6.45) is 0. The van der Waals surface area contributed by atoms with Crippen LogP contribution in [0.15, 0.2) is 41.3 Å². The largest absolute Gasteiger partial charge is 0.492 e. The molecule has 0 aliphatic rings. The Morgan fingerprint density at radius 3 is 2.50 bits per heavy atom. The summed E-state index contributed by atoms with van der Waals surface area (Å²) in [5, 5.41) is 16.4. The molecule has 0 bridgehead atoms. The minimum absolute atomic E-state index is 0.0192. The average Bonchev–Trinajstić information content (AvgIpc) is 2.68. The van der Waals surface area contributed by atoms with Crippen LogP contribution in [0.2, 0.25) is 0 Å². The van der Waals surface area contributed by atoms with E-state index in [9.17, 15) is 23.3 Å². The number of nitro benzene ring substituents is 1. The van der Waals surface area contributed by atoms with Gasteiger partial charge in [-0.1, -0.05) is 6.07 Å². The Hall–Kier alpha value is -3.18. The monoisotopic (exact) mass is 436 g/mol. The Morgan fingerprint density at radius 2 is 1.90 bits per heavy atom. The highest BCUT2D eigenvalue weighted by atomic mass is 32.2. The van der Waals surface area contributed by atoms with E-state index in [4.69, 9.17) is 4.74 Å². The smallest absolute Gasteiger partial charge is 0.271 e. The zero-order chi connectivity index (χ0) is 22.5. The van der Waals surface area contributed by atoms with Gasteiger partial charge in [0.15, 0.2) is 0 Å². The van der Waals surface area contributed by atoms with Crippen LogP contribution in [0.4, 0.5) is 17.1 Å². The van der Waals surface area contributed by atoms with Crippen molar-refractivity contribution in [1.29, 1.82) is 0 Å². The summed E-state index contributed by atoms with van der Waals surface area (Å²) >= 11 is 0. The van der Waals surface area contributed by atoms with Crippen LogP contribution in [0.5, 0.6) is 5.75 Å². The summed E-state index contributed by atoms with van der Waals surface area (Å²) in [4.78, 5) is 22.6. The van der Waals surface area contributed by atoms with Crippen LogP contribution in [0.1, 0.15) is 12.5 Å². The van der Waals surface area contributed by atoms with Crippen molar-refractivity contribution in [2.24, 2.45) is 0 Å². The number of anilines is 2. The van der Waals surface area contributed by atoms with Gasteiger partial charge in [-0.05, 0) is 37.6 Å². The fourth-order valence-corrected chi connectivity index (χ4v) is 3.58. The highest BCUT2D eigenvalue weighted by Gasteiger charge is 2.23. The zero-order valence-electron chi connectivity index (χ0n) is 17.1. The Morgan fingerprint density at radius 1 is 1.20 bits per heavy atom. The maximum absolute atomic E-state index is 12.6. The topological polar surface area (TPSA) is 131 Å². The van der Waals surface area contributed by atoms with E-state index in [2.05, 4.69) is 10.6 Å². The van der Waals surface area contributed by atoms with Gasteiger partial charge < -0.3 is 15.4 Å². The van der Waals surface area contributed by atoms with E-state index in [1.807, 2.05) is 0 Å². The third kappa shape index (κ3) is 5.45. The molecule has 162 valence electrons. The third-order valence-corrected chi connectivity index (χ3v) is 6.00. The number of ether oxygens (including phenoxy) is 1. The van der Waals surface area contributed by atoms with Crippen LogP contribution in [0.25, 0.3) is 0 Å². The second-order valence-electron chi connectivity index (χ2n) is 6.54. The van der Waals surface area contributed by atoms with Crippen molar-refractivity contribution in [3.63, 3.8) is 0 Å². The van der Waals surface area contributed by atoms with Crippen LogP contribution in [0, 0.1) is 17.0 Å². The van der Waals surface area contributed by atoms with Crippen LogP contribution in [0.3, 0.4) is 0 Å². The molecule has 11 heteroatoms. The van der Waals surface area contributed by atoms with Gasteiger partial charge in [0.05, 0.1) is 23.8 Å². The van der Waals surface area contributed by atoms with Gasteiger partial charge in [-0.3, -0.25) is 14.9 Å². The average molecular weight is 436 g/mol. The van der Waals surface area contributed by atoms with Crippen LogP contribution >= 0.6 is 0 Å². The van der Waals surface area contributed by atoms with E-state index < -0.39 is 20.9 Å². The minimum Gasteiger partial charge on any atom is -0.492 e. The van der Waals surface area contributed by atoms with Gasteiger partial charge in [-0.2, -0.15) is 0 Å². The van der Waals surface area contributed by atoms with Crippen LogP contribution in [-0.4, -0.2) is 50.8 Å². The molecule has 0 aliphatic carbocycles. The third-order valence-electron chi connectivity index (χ3n) is 4.16. The number of hydrogen-bond acceptors (Lipinski definition) is 7. The van der Waals surface area contributed by atoms with E-state index in [0.717, 1.165) is 4.31 Å². The summed E-state index contributed by atoms with van der Waals surface area (Å²) in [5.74, 6) is -0.224. The maximum Gasteiger partial charge on any atom is 0.271 e. The van der Waals surface area contributed by atoms with E-state index in [1.165, 1.54) is 38.4 Å². The second kappa shape index (κ2) is 9.55. The first-order valence-corrected chi connectivity index (χ1v) is 10.5. The number of hydrogen-bond donors (Lipinski definition) is 2. The lowest BCUT2D eigenvalue weighted by Gasteiger charge is -2.17. The van der Waals surface area contributed by atoms with E-state index in [1.54, 1.807) is 26.0 Å². The molecule has 0 unspecified atom stereocenters. The molecule has 1 amide bonds. The summed E-state index contributed by atoms with van der Waals surface area (Å²) in [6.45, 7) is 3.60. The van der Waals surface area contributed by atoms with Crippen molar-refractivity contribution in [2.75, 3.05) is 37.9 Å². The minimum atomic E-state index is -3.75. The fraction of sp³-hybridized carbons (Fsp3) is 0.316. The number of aryl methyl sites for hydroxylation is 1. The highest BCUT2D eigenvalue weighted by molar-refractivity contribution is 7.89. The van der Waals surface area contributed by atoms with E-state index in [-0.39, 0.29) is 22.9 Å².